The normalized spacial score (nSPS) is 52.9. The van der Waals surface area contributed by atoms with Gasteiger partial charge in [-0.2, -0.15) is 0 Å². The fraction of sp³-hybridized carbons (Fsp3) is 0.958. The standard InChI is InChI=1S/C24H40O5/c1-13(4-9-19(26)27)17-7-8-18-16-6-5-14-12-15(25)10-11-23(14,2)20(16)21(28)22(29)24(17,18)3/h13-18,20-22,25,28-29H,4-12H2,1-3H3,(H,26,27)/t13-,14-,15-,16+,17-,18+,20-,21-,22-,23+,24-/m1/s1. The number of carbonyl (C=O) groups is 1. The van der Waals surface area contributed by atoms with Gasteiger partial charge in [0.05, 0.1) is 18.3 Å². The Bertz CT molecular complexity index is 637. The summed E-state index contributed by atoms with van der Waals surface area (Å²) in [6, 6.07) is 0. The topological polar surface area (TPSA) is 98.0 Å². The number of hydrogen-bond donors (Lipinski definition) is 4. The molecule has 4 N–H and O–H groups in total. The van der Waals surface area contributed by atoms with Crippen molar-refractivity contribution in [2.45, 2.75) is 96.9 Å². The Labute approximate surface area is 174 Å². The molecule has 5 nitrogen and oxygen atoms in total. The van der Waals surface area contributed by atoms with Crippen molar-refractivity contribution in [1.82, 2.24) is 0 Å². The third kappa shape index (κ3) is 3.18. The maximum atomic E-state index is 11.5. The van der Waals surface area contributed by atoms with Crippen molar-refractivity contribution in [3.05, 3.63) is 0 Å². The molecule has 29 heavy (non-hydrogen) atoms. The number of hydrogen-bond acceptors (Lipinski definition) is 4. The van der Waals surface area contributed by atoms with Crippen LogP contribution in [0.25, 0.3) is 0 Å². The van der Waals surface area contributed by atoms with E-state index in [1.54, 1.807) is 0 Å². The minimum Gasteiger partial charge on any atom is -0.481 e. The fourth-order valence-electron chi connectivity index (χ4n) is 8.83. The second kappa shape index (κ2) is 7.49. The predicted octanol–water partition coefficient (Wildman–Crippen LogP) is 3.45. The van der Waals surface area contributed by atoms with Crippen LogP contribution in [0.4, 0.5) is 0 Å². The van der Waals surface area contributed by atoms with Crippen molar-refractivity contribution in [3.63, 3.8) is 0 Å². The number of rotatable bonds is 4. The highest BCUT2D eigenvalue weighted by molar-refractivity contribution is 5.66. The molecule has 4 aliphatic carbocycles. The van der Waals surface area contributed by atoms with Crippen LogP contribution in [0.3, 0.4) is 0 Å². The van der Waals surface area contributed by atoms with Gasteiger partial charge in [-0.25, -0.2) is 0 Å². The second-order valence-corrected chi connectivity index (χ2v) is 11.4. The largest absolute Gasteiger partial charge is 0.481 e. The second-order valence-electron chi connectivity index (χ2n) is 11.4. The lowest BCUT2D eigenvalue weighted by molar-refractivity contribution is -0.231. The van der Waals surface area contributed by atoms with Gasteiger partial charge in [0.25, 0.3) is 0 Å². The molecule has 5 heteroatoms. The van der Waals surface area contributed by atoms with Gasteiger partial charge in [0.1, 0.15) is 0 Å². The molecule has 4 rings (SSSR count). The highest BCUT2D eigenvalue weighted by Gasteiger charge is 2.66. The average molecular weight is 409 g/mol. The molecule has 11 atom stereocenters. The van der Waals surface area contributed by atoms with Crippen LogP contribution in [0.5, 0.6) is 0 Å². The third-order valence-corrected chi connectivity index (χ3v) is 10.3. The van der Waals surface area contributed by atoms with Crippen LogP contribution in [0.1, 0.15) is 78.6 Å². The molecule has 0 spiro atoms. The van der Waals surface area contributed by atoms with E-state index in [1.165, 1.54) is 0 Å². The zero-order valence-corrected chi connectivity index (χ0v) is 18.3. The summed E-state index contributed by atoms with van der Waals surface area (Å²) in [6.07, 6.45) is 5.98. The highest BCUT2D eigenvalue weighted by Crippen LogP contribution is 2.68. The van der Waals surface area contributed by atoms with E-state index < -0.39 is 18.2 Å². The van der Waals surface area contributed by atoms with E-state index in [0.717, 1.165) is 44.9 Å². The molecule has 4 saturated carbocycles. The first kappa shape index (κ1) is 21.6. The Hall–Kier alpha value is -0.650. The Kier molecular flexibility index (Phi) is 5.57. The first-order chi connectivity index (χ1) is 13.6. The van der Waals surface area contributed by atoms with Gasteiger partial charge in [-0.05, 0) is 92.3 Å². The summed E-state index contributed by atoms with van der Waals surface area (Å²) in [5.41, 5.74) is -0.341. The predicted molar refractivity (Wildman–Crippen MR) is 110 cm³/mol. The third-order valence-electron chi connectivity index (χ3n) is 10.3. The number of carboxylic acids is 1. The molecule has 4 fully saturated rings. The van der Waals surface area contributed by atoms with Crippen LogP contribution < -0.4 is 0 Å². The van der Waals surface area contributed by atoms with Crippen molar-refractivity contribution < 1.29 is 25.2 Å². The van der Waals surface area contributed by atoms with Crippen LogP contribution in [0, 0.1) is 46.3 Å². The average Bonchev–Trinajstić information content (AvgIpc) is 3.02. The van der Waals surface area contributed by atoms with Crippen LogP contribution in [-0.4, -0.2) is 44.7 Å². The van der Waals surface area contributed by atoms with Crippen LogP contribution >= 0.6 is 0 Å². The summed E-state index contributed by atoms with van der Waals surface area (Å²) >= 11 is 0. The van der Waals surface area contributed by atoms with Gasteiger partial charge >= 0.3 is 5.97 Å². The lowest BCUT2D eigenvalue weighted by Crippen LogP contribution is -2.65. The Balaban J connectivity index is 1.62. The maximum Gasteiger partial charge on any atom is 0.303 e. The summed E-state index contributed by atoms with van der Waals surface area (Å²) < 4.78 is 0. The molecule has 0 saturated heterocycles. The number of aliphatic hydroxyl groups excluding tert-OH is 3. The van der Waals surface area contributed by atoms with E-state index in [2.05, 4.69) is 20.8 Å². The maximum absolute atomic E-state index is 11.5. The minimum atomic E-state index is -0.758. The molecule has 0 aromatic heterocycles. The van der Waals surface area contributed by atoms with Gasteiger partial charge in [-0.15, -0.1) is 0 Å². The number of fused-ring (bicyclic) bond motifs is 5. The molecule has 0 unspecified atom stereocenters. The van der Waals surface area contributed by atoms with Gasteiger partial charge in [0, 0.05) is 11.8 Å². The SMILES string of the molecule is C[C@H](CCC(=O)O)[C@H]1CC[C@H]2[C@@H]3CC[C@@H]4C[C@H](O)CC[C@]4(C)[C@H]3[C@@H](O)[C@@H](O)[C@]12C. The van der Waals surface area contributed by atoms with Gasteiger partial charge in [-0.1, -0.05) is 20.8 Å². The molecule has 166 valence electrons. The molecule has 0 aliphatic heterocycles. The van der Waals surface area contributed by atoms with E-state index in [9.17, 15) is 20.1 Å². The fourth-order valence-corrected chi connectivity index (χ4v) is 8.83. The molecule has 0 aromatic rings. The molecular formula is C24H40O5. The van der Waals surface area contributed by atoms with E-state index in [4.69, 9.17) is 5.11 Å². The van der Waals surface area contributed by atoms with Gasteiger partial charge in [0.2, 0.25) is 0 Å². The number of aliphatic hydroxyl groups is 3. The van der Waals surface area contributed by atoms with Crippen molar-refractivity contribution in [2.24, 2.45) is 46.3 Å². The van der Waals surface area contributed by atoms with Gasteiger partial charge in [-0.3, -0.25) is 4.79 Å². The van der Waals surface area contributed by atoms with Crippen molar-refractivity contribution in [3.8, 4) is 0 Å². The van der Waals surface area contributed by atoms with E-state index in [0.29, 0.717) is 24.2 Å². The van der Waals surface area contributed by atoms with Gasteiger partial charge in [0.15, 0.2) is 0 Å². The van der Waals surface area contributed by atoms with Crippen molar-refractivity contribution >= 4 is 5.97 Å². The van der Waals surface area contributed by atoms with Crippen LogP contribution in [0.15, 0.2) is 0 Å². The van der Waals surface area contributed by atoms with Crippen molar-refractivity contribution in [2.75, 3.05) is 0 Å². The monoisotopic (exact) mass is 408 g/mol. The summed E-state index contributed by atoms with van der Waals surface area (Å²) in [4.78, 5) is 11.1. The Morgan fingerprint density at radius 1 is 1.07 bits per heavy atom. The lowest BCUT2D eigenvalue weighted by Gasteiger charge is -2.64. The quantitative estimate of drug-likeness (QED) is 0.571. The smallest absolute Gasteiger partial charge is 0.303 e. The molecule has 0 heterocycles. The summed E-state index contributed by atoms with van der Waals surface area (Å²) in [7, 11) is 0. The summed E-state index contributed by atoms with van der Waals surface area (Å²) in [6.45, 7) is 6.61. The van der Waals surface area contributed by atoms with Gasteiger partial charge < -0.3 is 20.4 Å². The van der Waals surface area contributed by atoms with Crippen LogP contribution in [-0.2, 0) is 4.79 Å². The lowest BCUT2D eigenvalue weighted by atomic mass is 9.43. The van der Waals surface area contributed by atoms with Crippen LogP contribution in [0.2, 0.25) is 0 Å². The summed E-state index contributed by atoms with van der Waals surface area (Å²) in [5, 5.41) is 42.2. The van der Waals surface area contributed by atoms with E-state index >= 15 is 0 Å². The summed E-state index contributed by atoms with van der Waals surface area (Å²) in [5.74, 6) is 1.10. The molecule has 4 aliphatic rings. The molecule has 0 bridgehead atoms. The first-order valence-corrected chi connectivity index (χ1v) is 11.9. The number of carboxylic acid groups (broad SMARTS) is 1. The molecular weight excluding hydrogens is 368 g/mol. The Morgan fingerprint density at radius 2 is 1.79 bits per heavy atom. The Morgan fingerprint density at radius 3 is 2.48 bits per heavy atom. The highest BCUT2D eigenvalue weighted by atomic mass is 16.4. The minimum absolute atomic E-state index is 0.00309. The van der Waals surface area contributed by atoms with E-state index in [1.807, 2.05) is 0 Å². The van der Waals surface area contributed by atoms with E-state index in [-0.39, 0.29) is 41.1 Å². The zero-order chi connectivity index (χ0) is 21.1. The zero-order valence-electron chi connectivity index (χ0n) is 18.3. The van der Waals surface area contributed by atoms with Crippen molar-refractivity contribution in [1.29, 1.82) is 0 Å². The molecule has 0 radical (unpaired) electrons. The number of aliphatic carboxylic acids is 1. The first-order valence-electron chi connectivity index (χ1n) is 11.9. The molecule has 0 amide bonds. The molecule has 0 aromatic carbocycles.